The van der Waals surface area contributed by atoms with Crippen molar-refractivity contribution in [1.29, 1.82) is 0 Å². The molecule has 0 aliphatic carbocycles. The van der Waals surface area contributed by atoms with Crippen molar-refractivity contribution in [2.45, 2.75) is 39.7 Å². The van der Waals surface area contributed by atoms with E-state index in [4.69, 9.17) is 4.98 Å². The zero-order valence-corrected chi connectivity index (χ0v) is 13.8. The first-order valence-electron chi connectivity index (χ1n) is 7.76. The summed E-state index contributed by atoms with van der Waals surface area (Å²) in [6, 6.07) is 8.68. The lowest BCUT2D eigenvalue weighted by molar-refractivity contribution is 0.714. The van der Waals surface area contributed by atoms with Gasteiger partial charge in [-0.1, -0.05) is 50.3 Å². The van der Waals surface area contributed by atoms with Crippen LogP contribution in [0.5, 0.6) is 0 Å². The number of anilines is 2. The van der Waals surface area contributed by atoms with E-state index < -0.39 is 0 Å². The fourth-order valence-electron chi connectivity index (χ4n) is 2.82. The number of rotatable bonds is 5. The SMILES string of the molecule is CCNCc1sc(N2CCc3ccccc32)nc1C(C)C. The zero-order valence-electron chi connectivity index (χ0n) is 13.0. The van der Waals surface area contributed by atoms with Gasteiger partial charge in [0.05, 0.1) is 5.69 Å². The molecule has 2 heterocycles. The van der Waals surface area contributed by atoms with Gasteiger partial charge in [0, 0.05) is 23.7 Å². The van der Waals surface area contributed by atoms with Crippen molar-refractivity contribution in [3.8, 4) is 0 Å². The standard InChI is InChI=1S/C17H23N3S/c1-4-18-11-15-16(12(2)3)19-17(21-15)20-10-9-13-7-5-6-8-14(13)20/h5-8,12,18H,4,9-11H2,1-3H3. The van der Waals surface area contributed by atoms with Crippen LogP contribution in [0, 0.1) is 0 Å². The van der Waals surface area contributed by atoms with Crippen LogP contribution >= 0.6 is 11.3 Å². The van der Waals surface area contributed by atoms with E-state index in [1.54, 1.807) is 0 Å². The second kappa shape index (κ2) is 6.16. The molecule has 0 spiro atoms. The molecule has 4 heteroatoms. The Hall–Kier alpha value is -1.39. The predicted molar refractivity (Wildman–Crippen MR) is 90.7 cm³/mol. The minimum Gasteiger partial charge on any atom is -0.317 e. The maximum atomic E-state index is 4.95. The summed E-state index contributed by atoms with van der Waals surface area (Å²) in [4.78, 5) is 8.71. The van der Waals surface area contributed by atoms with Crippen molar-refractivity contribution in [3.63, 3.8) is 0 Å². The number of fused-ring (bicyclic) bond motifs is 1. The molecule has 1 aromatic heterocycles. The van der Waals surface area contributed by atoms with Gasteiger partial charge in [-0.15, -0.1) is 0 Å². The molecular weight excluding hydrogens is 278 g/mol. The van der Waals surface area contributed by atoms with Gasteiger partial charge in [0.2, 0.25) is 0 Å². The smallest absolute Gasteiger partial charge is 0.190 e. The molecule has 0 unspecified atom stereocenters. The van der Waals surface area contributed by atoms with E-state index in [0.29, 0.717) is 5.92 Å². The Morgan fingerprint density at radius 1 is 1.33 bits per heavy atom. The van der Waals surface area contributed by atoms with Crippen LogP contribution in [0.1, 0.15) is 42.8 Å². The van der Waals surface area contributed by atoms with Crippen LogP contribution in [0.3, 0.4) is 0 Å². The molecule has 0 fully saturated rings. The molecule has 1 aliphatic heterocycles. The Balaban J connectivity index is 1.93. The average Bonchev–Trinajstić information content (AvgIpc) is 3.08. The van der Waals surface area contributed by atoms with Crippen LogP contribution in [0.2, 0.25) is 0 Å². The fourth-order valence-corrected chi connectivity index (χ4v) is 4.04. The highest BCUT2D eigenvalue weighted by atomic mass is 32.1. The second-order valence-electron chi connectivity index (χ2n) is 5.77. The summed E-state index contributed by atoms with van der Waals surface area (Å²) in [6.07, 6.45) is 1.12. The Morgan fingerprint density at radius 3 is 2.90 bits per heavy atom. The minimum atomic E-state index is 0.474. The van der Waals surface area contributed by atoms with E-state index in [0.717, 1.165) is 31.2 Å². The molecule has 0 atom stereocenters. The lowest BCUT2D eigenvalue weighted by Gasteiger charge is -2.15. The minimum absolute atomic E-state index is 0.474. The summed E-state index contributed by atoms with van der Waals surface area (Å²) in [5, 5.41) is 4.58. The van der Waals surface area contributed by atoms with E-state index in [1.165, 1.54) is 21.8 Å². The fraction of sp³-hybridized carbons (Fsp3) is 0.471. The molecule has 3 nitrogen and oxygen atoms in total. The molecule has 0 bridgehead atoms. The van der Waals surface area contributed by atoms with Crippen LogP contribution in [0.25, 0.3) is 0 Å². The van der Waals surface area contributed by atoms with Crippen LogP contribution < -0.4 is 10.2 Å². The maximum Gasteiger partial charge on any atom is 0.190 e. The number of hydrogen-bond donors (Lipinski definition) is 1. The van der Waals surface area contributed by atoms with Crippen molar-refractivity contribution in [3.05, 3.63) is 40.4 Å². The largest absolute Gasteiger partial charge is 0.317 e. The summed E-state index contributed by atoms with van der Waals surface area (Å²) >= 11 is 1.84. The molecule has 1 aliphatic rings. The highest BCUT2D eigenvalue weighted by Gasteiger charge is 2.24. The summed E-state index contributed by atoms with van der Waals surface area (Å²) in [7, 11) is 0. The van der Waals surface area contributed by atoms with Gasteiger partial charge in [0.15, 0.2) is 5.13 Å². The van der Waals surface area contributed by atoms with Gasteiger partial charge < -0.3 is 10.2 Å². The normalized spacial score (nSPS) is 14.0. The first-order valence-corrected chi connectivity index (χ1v) is 8.58. The summed E-state index contributed by atoms with van der Waals surface area (Å²) in [5.41, 5.74) is 4.02. The van der Waals surface area contributed by atoms with Gasteiger partial charge in [-0.2, -0.15) is 0 Å². The van der Waals surface area contributed by atoms with Crippen molar-refractivity contribution in [2.75, 3.05) is 18.0 Å². The zero-order chi connectivity index (χ0) is 14.8. The molecule has 2 aromatic rings. The number of aromatic nitrogens is 1. The van der Waals surface area contributed by atoms with Crippen LogP contribution in [-0.2, 0) is 13.0 Å². The molecule has 0 amide bonds. The Morgan fingerprint density at radius 2 is 2.14 bits per heavy atom. The molecule has 1 N–H and O–H groups in total. The van der Waals surface area contributed by atoms with Gasteiger partial charge in [0.25, 0.3) is 0 Å². The van der Waals surface area contributed by atoms with Crippen LogP contribution in [-0.4, -0.2) is 18.1 Å². The van der Waals surface area contributed by atoms with E-state index in [2.05, 4.69) is 55.3 Å². The van der Waals surface area contributed by atoms with Crippen LogP contribution in [0.15, 0.2) is 24.3 Å². The lowest BCUT2D eigenvalue weighted by atomic mass is 10.1. The van der Waals surface area contributed by atoms with E-state index in [-0.39, 0.29) is 0 Å². The summed E-state index contributed by atoms with van der Waals surface area (Å²) in [6.45, 7) is 9.58. The molecule has 112 valence electrons. The Kier molecular flexibility index (Phi) is 4.27. The third-order valence-electron chi connectivity index (χ3n) is 3.92. The monoisotopic (exact) mass is 301 g/mol. The van der Waals surface area contributed by atoms with Gasteiger partial charge in [0.1, 0.15) is 0 Å². The van der Waals surface area contributed by atoms with Crippen molar-refractivity contribution in [1.82, 2.24) is 10.3 Å². The molecule has 0 radical (unpaired) electrons. The molecule has 21 heavy (non-hydrogen) atoms. The number of thiazole rings is 1. The predicted octanol–water partition coefficient (Wildman–Crippen LogP) is 4.07. The summed E-state index contributed by atoms with van der Waals surface area (Å²) in [5.74, 6) is 0.474. The number of hydrogen-bond acceptors (Lipinski definition) is 4. The Bertz CT molecular complexity index is 618. The number of benzene rings is 1. The quantitative estimate of drug-likeness (QED) is 0.902. The van der Waals surface area contributed by atoms with Crippen LogP contribution in [0.4, 0.5) is 10.8 Å². The highest BCUT2D eigenvalue weighted by molar-refractivity contribution is 7.15. The number of nitrogens with zero attached hydrogens (tertiary/aromatic N) is 2. The second-order valence-corrected chi connectivity index (χ2v) is 6.83. The molecule has 1 aromatic carbocycles. The third-order valence-corrected chi connectivity index (χ3v) is 5.01. The van der Waals surface area contributed by atoms with Gasteiger partial charge in [-0.3, -0.25) is 0 Å². The van der Waals surface area contributed by atoms with E-state index >= 15 is 0 Å². The molecule has 0 saturated heterocycles. The van der Waals surface area contributed by atoms with Crippen molar-refractivity contribution >= 4 is 22.2 Å². The van der Waals surface area contributed by atoms with Gasteiger partial charge >= 0.3 is 0 Å². The Labute approximate surface area is 131 Å². The van der Waals surface area contributed by atoms with E-state index in [1.807, 2.05) is 11.3 Å². The molecule has 3 rings (SSSR count). The van der Waals surface area contributed by atoms with Crippen molar-refractivity contribution < 1.29 is 0 Å². The maximum absolute atomic E-state index is 4.95. The molecule has 0 saturated carbocycles. The van der Waals surface area contributed by atoms with Gasteiger partial charge in [-0.05, 0) is 30.5 Å². The molecular formula is C17H23N3S. The number of para-hydroxylation sites is 1. The first kappa shape index (κ1) is 14.5. The topological polar surface area (TPSA) is 28.2 Å². The highest BCUT2D eigenvalue weighted by Crippen LogP contribution is 2.38. The lowest BCUT2D eigenvalue weighted by Crippen LogP contribution is -2.13. The third kappa shape index (κ3) is 2.83. The van der Waals surface area contributed by atoms with Crippen molar-refractivity contribution in [2.24, 2.45) is 0 Å². The van der Waals surface area contributed by atoms with Gasteiger partial charge in [-0.25, -0.2) is 4.98 Å². The van der Waals surface area contributed by atoms with E-state index in [9.17, 15) is 0 Å². The first-order chi connectivity index (χ1) is 10.2. The number of nitrogens with one attached hydrogen (secondary N) is 1. The average molecular weight is 301 g/mol. The summed E-state index contributed by atoms with van der Waals surface area (Å²) < 4.78 is 0.